The minimum absolute atomic E-state index is 0.307. The fourth-order valence-corrected chi connectivity index (χ4v) is 1.12. The molecule has 1 N–H and O–H groups in total. The molecule has 0 aromatic rings. The van der Waals surface area contributed by atoms with Crippen LogP contribution >= 0.6 is 0 Å². The molecule has 1 nitrogen and oxygen atoms in total. The van der Waals surface area contributed by atoms with E-state index in [9.17, 15) is 0 Å². The van der Waals surface area contributed by atoms with E-state index in [0.717, 1.165) is 6.42 Å². The number of aliphatic hydroxyl groups is 1. The topological polar surface area (TPSA) is 20.2 Å². The first kappa shape index (κ1) is 9.70. The average molecular weight is 142 g/mol. The van der Waals surface area contributed by atoms with E-state index in [2.05, 4.69) is 26.0 Å². The molecule has 2 atom stereocenters. The second-order valence-electron chi connectivity index (χ2n) is 3.03. The predicted molar refractivity (Wildman–Crippen MR) is 44.8 cm³/mol. The summed E-state index contributed by atoms with van der Waals surface area (Å²) in [5.74, 6) is 1.04. The van der Waals surface area contributed by atoms with Crippen molar-refractivity contribution in [3.63, 3.8) is 0 Å². The maximum absolute atomic E-state index is 8.73. The highest BCUT2D eigenvalue weighted by Gasteiger charge is 2.03. The molecule has 0 aliphatic heterocycles. The Bertz CT molecular complexity index is 96.9. The average Bonchev–Trinajstić information content (AvgIpc) is 1.88. The van der Waals surface area contributed by atoms with Crippen molar-refractivity contribution in [1.29, 1.82) is 0 Å². The molecular weight excluding hydrogens is 124 g/mol. The predicted octanol–water partition coefficient (Wildman–Crippen LogP) is 2.22. The first-order chi connectivity index (χ1) is 4.70. The largest absolute Gasteiger partial charge is 0.396 e. The van der Waals surface area contributed by atoms with Gasteiger partial charge in [-0.3, -0.25) is 0 Å². The highest BCUT2D eigenvalue weighted by molar-refractivity contribution is 4.83. The van der Waals surface area contributed by atoms with Crippen LogP contribution in [0.4, 0.5) is 0 Å². The van der Waals surface area contributed by atoms with E-state index in [-0.39, 0.29) is 0 Å². The van der Waals surface area contributed by atoms with E-state index in [0.29, 0.717) is 18.4 Å². The summed E-state index contributed by atoms with van der Waals surface area (Å²) in [5.41, 5.74) is 0. The summed E-state index contributed by atoms with van der Waals surface area (Å²) >= 11 is 0. The summed E-state index contributed by atoms with van der Waals surface area (Å²) in [4.78, 5) is 0. The lowest BCUT2D eigenvalue weighted by Gasteiger charge is -2.10. The van der Waals surface area contributed by atoms with Gasteiger partial charge in [-0.1, -0.05) is 26.0 Å². The standard InChI is InChI=1S/C9H18O/c1-4-5-8(2)6-9(3)7-10/h4-5,8-10H,6-7H2,1-3H3/b5-4+/t8-,9-/m0/s1. The maximum Gasteiger partial charge on any atom is 0.0456 e. The van der Waals surface area contributed by atoms with Gasteiger partial charge in [0.25, 0.3) is 0 Å². The molecule has 0 rings (SSSR count). The van der Waals surface area contributed by atoms with Crippen LogP contribution in [0.15, 0.2) is 12.2 Å². The lowest BCUT2D eigenvalue weighted by atomic mass is 9.98. The van der Waals surface area contributed by atoms with Gasteiger partial charge in [0.2, 0.25) is 0 Å². The van der Waals surface area contributed by atoms with E-state index in [4.69, 9.17) is 5.11 Å². The van der Waals surface area contributed by atoms with Crippen LogP contribution in [0.25, 0.3) is 0 Å². The van der Waals surface area contributed by atoms with Crippen molar-refractivity contribution < 1.29 is 5.11 Å². The van der Waals surface area contributed by atoms with Crippen molar-refractivity contribution in [2.24, 2.45) is 11.8 Å². The Hall–Kier alpha value is -0.300. The summed E-state index contributed by atoms with van der Waals surface area (Å²) in [6, 6.07) is 0. The van der Waals surface area contributed by atoms with Gasteiger partial charge in [0.05, 0.1) is 0 Å². The molecule has 0 aliphatic carbocycles. The van der Waals surface area contributed by atoms with Crippen LogP contribution in [0.5, 0.6) is 0 Å². The van der Waals surface area contributed by atoms with Crippen LogP contribution in [0.3, 0.4) is 0 Å². The molecule has 0 amide bonds. The molecule has 1 heteroatoms. The number of hydrogen-bond donors (Lipinski definition) is 1. The Morgan fingerprint density at radius 2 is 2.00 bits per heavy atom. The zero-order valence-corrected chi connectivity index (χ0v) is 7.17. The molecule has 0 saturated carbocycles. The Labute approximate surface area is 63.8 Å². The van der Waals surface area contributed by atoms with E-state index >= 15 is 0 Å². The molecular formula is C9H18O. The molecule has 0 aliphatic rings. The fraction of sp³-hybridized carbons (Fsp3) is 0.778. The van der Waals surface area contributed by atoms with Crippen LogP contribution in [0.2, 0.25) is 0 Å². The van der Waals surface area contributed by atoms with E-state index < -0.39 is 0 Å². The Morgan fingerprint density at radius 1 is 1.40 bits per heavy atom. The van der Waals surface area contributed by atoms with Crippen molar-refractivity contribution in [3.8, 4) is 0 Å². The highest BCUT2D eigenvalue weighted by atomic mass is 16.3. The van der Waals surface area contributed by atoms with E-state index in [1.54, 1.807) is 0 Å². The molecule has 0 aromatic carbocycles. The normalized spacial score (nSPS) is 17.6. The van der Waals surface area contributed by atoms with Crippen LogP contribution in [-0.4, -0.2) is 11.7 Å². The molecule has 0 fully saturated rings. The second kappa shape index (κ2) is 5.48. The van der Waals surface area contributed by atoms with Crippen LogP contribution < -0.4 is 0 Å². The molecule has 0 saturated heterocycles. The molecule has 0 unspecified atom stereocenters. The fourth-order valence-electron chi connectivity index (χ4n) is 1.12. The van der Waals surface area contributed by atoms with Crippen molar-refractivity contribution in [2.45, 2.75) is 27.2 Å². The van der Waals surface area contributed by atoms with Gasteiger partial charge in [0.15, 0.2) is 0 Å². The van der Waals surface area contributed by atoms with Gasteiger partial charge in [-0.2, -0.15) is 0 Å². The van der Waals surface area contributed by atoms with Gasteiger partial charge in [-0.15, -0.1) is 0 Å². The van der Waals surface area contributed by atoms with Crippen molar-refractivity contribution >= 4 is 0 Å². The van der Waals surface area contributed by atoms with Gasteiger partial charge >= 0.3 is 0 Å². The highest BCUT2D eigenvalue weighted by Crippen LogP contribution is 2.11. The van der Waals surface area contributed by atoms with Gasteiger partial charge in [-0.05, 0) is 25.2 Å². The van der Waals surface area contributed by atoms with Gasteiger partial charge in [0, 0.05) is 6.61 Å². The zero-order chi connectivity index (χ0) is 7.98. The lowest BCUT2D eigenvalue weighted by Crippen LogP contribution is -2.04. The second-order valence-corrected chi connectivity index (χ2v) is 3.03. The molecule has 0 spiro atoms. The molecule has 0 radical (unpaired) electrons. The minimum atomic E-state index is 0.307. The summed E-state index contributed by atoms with van der Waals surface area (Å²) in [6.07, 6.45) is 5.32. The number of allylic oxidation sites excluding steroid dienone is 2. The zero-order valence-electron chi connectivity index (χ0n) is 7.17. The van der Waals surface area contributed by atoms with Crippen molar-refractivity contribution in [3.05, 3.63) is 12.2 Å². The van der Waals surface area contributed by atoms with E-state index in [1.165, 1.54) is 0 Å². The van der Waals surface area contributed by atoms with Gasteiger partial charge < -0.3 is 5.11 Å². The summed E-state index contributed by atoms with van der Waals surface area (Å²) in [5, 5.41) is 8.73. The Balaban J connectivity index is 3.46. The molecule has 0 heterocycles. The summed E-state index contributed by atoms with van der Waals surface area (Å²) < 4.78 is 0. The Kier molecular flexibility index (Phi) is 5.32. The van der Waals surface area contributed by atoms with Crippen LogP contribution in [-0.2, 0) is 0 Å². The van der Waals surface area contributed by atoms with Crippen molar-refractivity contribution in [1.82, 2.24) is 0 Å². The third kappa shape index (κ3) is 4.57. The quantitative estimate of drug-likeness (QED) is 0.597. The summed E-state index contributed by atoms with van der Waals surface area (Å²) in [6.45, 7) is 6.58. The first-order valence-electron chi connectivity index (χ1n) is 3.94. The smallest absolute Gasteiger partial charge is 0.0456 e. The van der Waals surface area contributed by atoms with Crippen LogP contribution in [0.1, 0.15) is 27.2 Å². The van der Waals surface area contributed by atoms with Gasteiger partial charge in [0.1, 0.15) is 0 Å². The number of hydrogen-bond acceptors (Lipinski definition) is 1. The third-order valence-corrected chi connectivity index (χ3v) is 1.61. The van der Waals surface area contributed by atoms with Gasteiger partial charge in [-0.25, -0.2) is 0 Å². The van der Waals surface area contributed by atoms with Crippen molar-refractivity contribution in [2.75, 3.05) is 6.61 Å². The third-order valence-electron chi connectivity index (χ3n) is 1.61. The molecule has 60 valence electrons. The van der Waals surface area contributed by atoms with Crippen LogP contribution in [0, 0.1) is 11.8 Å². The summed E-state index contributed by atoms with van der Waals surface area (Å²) in [7, 11) is 0. The first-order valence-corrected chi connectivity index (χ1v) is 3.94. The lowest BCUT2D eigenvalue weighted by molar-refractivity contribution is 0.222. The Morgan fingerprint density at radius 3 is 2.40 bits per heavy atom. The monoisotopic (exact) mass is 142 g/mol. The minimum Gasteiger partial charge on any atom is -0.396 e. The van der Waals surface area contributed by atoms with E-state index in [1.807, 2.05) is 6.92 Å². The molecule has 10 heavy (non-hydrogen) atoms. The molecule has 0 bridgehead atoms. The molecule has 0 aromatic heterocycles. The number of aliphatic hydroxyl groups excluding tert-OH is 1. The number of rotatable bonds is 4. The SMILES string of the molecule is C/C=C/[C@H](C)C[C@H](C)CO. The maximum atomic E-state index is 8.73.